The monoisotopic (exact) mass is 465 g/mol. The molecule has 4 aromatic rings. The van der Waals surface area contributed by atoms with Gasteiger partial charge in [-0.1, -0.05) is 60.8 Å². The van der Waals surface area contributed by atoms with E-state index in [1.807, 2.05) is 53.2 Å². The number of para-hydroxylation sites is 1. The summed E-state index contributed by atoms with van der Waals surface area (Å²) < 4.78 is 1.99. The molecule has 1 amide bonds. The zero-order valence-corrected chi connectivity index (χ0v) is 19.1. The number of halogens is 1. The Morgan fingerprint density at radius 1 is 1.09 bits per heavy atom. The highest BCUT2D eigenvalue weighted by atomic mass is 35.5. The number of hydrogen-bond acceptors (Lipinski definition) is 4. The lowest BCUT2D eigenvalue weighted by molar-refractivity contribution is -0.119. The summed E-state index contributed by atoms with van der Waals surface area (Å²) in [6.07, 6.45) is 7.74. The Labute approximate surface area is 195 Å². The molecule has 0 atom stereocenters. The quantitative estimate of drug-likeness (QED) is 0.363. The van der Waals surface area contributed by atoms with Crippen LogP contribution < -0.4 is 5.32 Å². The van der Waals surface area contributed by atoms with Crippen LogP contribution in [0.1, 0.15) is 32.1 Å². The standard InChI is InChI=1S/C24H24ClN5OS/c25-16-10-12-18(13-11-16)30-23(20-14-26-21-9-5-4-8-19(20)21)28-29-24(30)32-15-22(31)27-17-6-2-1-3-7-17/h4-5,8-14,17,26H,1-3,6-7,15H2,(H,27,31). The van der Waals surface area contributed by atoms with Crippen molar-refractivity contribution in [2.24, 2.45) is 0 Å². The molecule has 0 bridgehead atoms. The summed E-state index contributed by atoms with van der Waals surface area (Å²) >= 11 is 7.52. The predicted molar refractivity (Wildman–Crippen MR) is 129 cm³/mol. The maximum Gasteiger partial charge on any atom is 0.230 e. The largest absolute Gasteiger partial charge is 0.360 e. The fraction of sp³-hybridized carbons (Fsp3) is 0.292. The van der Waals surface area contributed by atoms with E-state index in [1.54, 1.807) is 0 Å². The minimum Gasteiger partial charge on any atom is -0.360 e. The third-order valence-corrected chi connectivity index (χ3v) is 7.03. The molecule has 0 saturated heterocycles. The molecule has 1 saturated carbocycles. The lowest BCUT2D eigenvalue weighted by atomic mass is 9.95. The summed E-state index contributed by atoms with van der Waals surface area (Å²) in [6, 6.07) is 16.0. The van der Waals surface area contributed by atoms with Gasteiger partial charge in [0.05, 0.1) is 5.75 Å². The Morgan fingerprint density at radius 3 is 2.69 bits per heavy atom. The Bertz CT molecular complexity index is 1230. The third kappa shape index (κ3) is 4.40. The smallest absolute Gasteiger partial charge is 0.230 e. The average molecular weight is 466 g/mol. The molecule has 8 heteroatoms. The van der Waals surface area contributed by atoms with Crippen LogP contribution in [0, 0.1) is 0 Å². The normalized spacial score (nSPS) is 14.7. The van der Waals surface area contributed by atoms with Crippen LogP contribution in [0.4, 0.5) is 0 Å². The van der Waals surface area contributed by atoms with Crippen LogP contribution in [0.15, 0.2) is 59.9 Å². The van der Waals surface area contributed by atoms with Crippen molar-refractivity contribution < 1.29 is 4.79 Å². The fourth-order valence-electron chi connectivity index (χ4n) is 4.26. The van der Waals surface area contributed by atoms with Gasteiger partial charge < -0.3 is 10.3 Å². The number of thioether (sulfide) groups is 1. The number of hydrogen-bond donors (Lipinski definition) is 2. The van der Waals surface area contributed by atoms with Crippen LogP contribution in [0.5, 0.6) is 0 Å². The van der Waals surface area contributed by atoms with Crippen molar-refractivity contribution >= 4 is 40.2 Å². The number of aromatic amines is 1. The number of nitrogens with zero attached hydrogens (tertiary/aromatic N) is 3. The minimum absolute atomic E-state index is 0.0428. The first-order valence-corrected chi connectivity index (χ1v) is 12.3. The summed E-state index contributed by atoms with van der Waals surface area (Å²) in [5, 5.41) is 14.5. The van der Waals surface area contributed by atoms with Crippen molar-refractivity contribution in [1.82, 2.24) is 25.1 Å². The molecule has 0 aliphatic heterocycles. The molecule has 1 aliphatic carbocycles. The third-order valence-electron chi connectivity index (χ3n) is 5.85. The number of rotatable bonds is 6. The van der Waals surface area contributed by atoms with Crippen LogP contribution in [0.2, 0.25) is 5.02 Å². The highest BCUT2D eigenvalue weighted by Crippen LogP contribution is 2.32. The first-order chi connectivity index (χ1) is 15.7. The van der Waals surface area contributed by atoms with Gasteiger partial charge in [0.25, 0.3) is 0 Å². The van der Waals surface area contributed by atoms with Gasteiger partial charge in [0.15, 0.2) is 11.0 Å². The maximum atomic E-state index is 12.6. The molecule has 32 heavy (non-hydrogen) atoms. The SMILES string of the molecule is O=C(CSc1nnc(-c2c[nH]c3ccccc23)n1-c1ccc(Cl)cc1)NC1CCCCC1. The zero-order chi connectivity index (χ0) is 21.9. The second kappa shape index (κ2) is 9.38. The molecule has 6 nitrogen and oxygen atoms in total. The van der Waals surface area contributed by atoms with Crippen molar-refractivity contribution in [2.45, 2.75) is 43.3 Å². The number of fused-ring (bicyclic) bond motifs is 1. The van der Waals surface area contributed by atoms with E-state index in [2.05, 4.69) is 26.6 Å². The molecule has 0 radical (unpaired) electrons. The number of carbonyl (C=O) groups excluding carboxylic acids is 1. The van der Waals surface area contributed by atoms with Crippen molar-refractivity contribution in [3.63, 3.8) is 0 Å². The first kappa shape index (κ1) is 21.1. The van der Waals surface area contributed by atoms with Gasteiger partial charge in [0, 0.05) is 39.4 Å². The molecule has 5 rings (SSSR count). The van der Waals surface area contributed by atoms with Crippen LogP contribution in [-0.4, -0.2) is 37.5 Å². The summed E-state index contributed by atoms with van der Waals surface area (Å²) in [7, 11) is 0. The van der Waals surface area contributed by atoms with Gasteiger partial charge in [0.1, 0.15) is 0 Å². The molecule has 2 heterocycles. The van der Waals surface area contributed by atoms with Gasteiger partial charge in [-0.05, 0) is 43.2 Å². The molecular formula is C24H24ClN5OS. The Hall–Kier alpha value is -2.77. The summed E-state index contributed by atoms with van der Waals surface area (Å²) in [5.74, 6) is 1.07. The second-order valence-corrected chi connectivity index (χ2v) is 9.44. The van der Waals surface area contributed by atoms with Crippen molar-refractivity contribution in [3.8, 4) is 17.1 Å². The highest BCUT2D eigenvalue weighted by molar-refractivity contribution is 7.99. The number of H-pyrrole nitrogens is 1. The fourth-order valence-corrected chi connectivity index (χ4v) is 5.15. The molecule has 1 aliphatic rings. The van der Waals surface area contributed by atoms with Gasteiger partial charge in [-0.25, -0.2) is 0 Å². The summed E-state index contributed by atoms with van der Waals surface area (Å²) in [4.78, 5) is 15.9. The number of aromatic nitrogens is 4. The van der Waals surface area contributed by atoms with E-state index < -0.39 is 0 Å². The van der Waals surface area contributed by atoms with Crippen LogP contribution >= 0.6 is 23.4 Å². The molecular weight excluding hydrogens is 442 g/mol. The summed E-state index contributed by atoms with van der Waals surface area (Å²) in [6.45, 7) is 0. The molecule has 2 aromatic heterocycles. The van der Waals surface area contributed by atoms with Gasteiger partial charge in [-0.15, -0.1) is 10.2 Å². The van der Waals surface area contributed by atoms with E-state index in [0.717, 1.165) is 40.8 Å². The zero-order valence-electron chi connectivity index (χ0n) is 17.6. The Balaban J connectivity index is 1.45. The maximum absolute atomic E-state index is 12.6. The van der Waals surface area contributed by atoms with Gasteiger partial charge in [0.2, 0.25) is 5.91 Å². The second-order valence-electron chi connectivity index (χ2n) is 8.06. The van der Waals surface area contributed by atoms with Crippen molar-refractivity contribution in [2.75, 3.05) is 5.75 Å². The van der Waals surface area contributed by atoms with E-state index in [9.17, 15) is 4.79 Å². The van der Waals surface area contributed by atoms with Crippen LogP contribution in [0.3, 0.4) is 0 Å². The van der Waals surface area contributed by atoms with Crippen LogP contribution in [0.25, 0.3) is 28.0 Å². The van der Waals surface area contributed by atoms with Crippen molar-refractivity contribution in [1.29, 1.82) is 0 Å². The van der Waals surface area contributed by atoms with E-state index >= 15 is 0 Å². The highest BCUT2D eigenvalue weighted by Gasteiger charge is 2.21. The molecule has 164 valence electrons. The van der Waals surface area contributed by atoms with Gasteiger partial charge in [-0.2, -0.15) is 0 Å². The number of benzene rings is 2. The Morgan fingerprint density at radius 2 is 1.88 bits per heavy atom. The van der Waals surface area contributed by atoms with Gasteiger partial charge >= 0.3 is 0 Å². The van der Waals surface area contributed by atoms with Crippen LogP contribution in [-0.2, 0) is 4.79 Å². The van der Waals surface area contributed by atoms with Crippen molar-refractivity contribution in [3.05, 3.63) is 59.8 Å². The lowest BCUT2D eigenvalue weighted by Gasteiger charge is -2.22. The number of carbonyl (C=O) groups is 1. The molecule has 0 unspecified atom stereocenters. The molecule has 2 N–H and O–H groups in total. The van der Waals surface area contributed by atoms with E-state index in [4.69, 9.17) is 11.6 Å². The van der Waals surface area contributed by atoms with E-state index in [1.165, 1.54) is 31.0 Å². The number of amides is 1. The predicted octanol–water partition coefficient (Wildman–Crippen LogP) is 5.61. The van der Waals surface area contributed by atoms with Gasteiger partial charge in [-0.3, -0.25) is 9.36 Å². The molecule has 2 aromatic carbocycles. The topological polar surface area (TPSA) is 75.6 Å². The van der Waals surface area contributed by atoms with E-state index in [0.29, 0.717) is 22.0 Å². The summed E-state index contributed by atoms with van der Waals surface area (Å²) in [5.41, 5.74) is 2.89. The lowest BCUT2D eigenvalue weighted by Crippen LogP contribution is -2.37. The molecule has 1 fully saturated rings. The molecule has 0 spiro atoms. The first-order valence-electron chi connectivity index (χ1n) is 10.9. The average Bonchev–Trinajstić information content (AvgIpc) is 3.43. The number of nitrogens with one attached hydrogen (secondary N) is 2. The minimum atomic E-state index is 0.0428. The van der Waals surface area contributed by atoms with E-state index in [-0.39, 0.29) is 5.91 Å². The Kier molecular flexibility index (Phi) is 6.19.